The van der Waals surface area contributed by atoms with Gasteiger partial charge in [0.15, 0.2) is 0 Å². The molecule has 0 radical (unpaired) electrons. The van der Waals surface area contributed by atoms with E-state index in [0.717, 1.165) is 9.99 Å². The number of carbonyl (C=O) groups is 1. The smallest absolute Gasteiger partial charge is 0.293 e. The van der Waals surface area contributed by atoms with E-state index in [2.05, 4.69) is 32.7 Å². The molecule has 2 rings (SSSR count). The molecule has 16 heavy (non-hydrogen) atoms. The summed E-state index contributed by atoms with van der Waals surface area (Å²) in [6.07, 6.45) is 3.81. The molecule has 2 heterocycles. The third-order valence-corrected chi connectivity index (χ3v) is 2.38. The van der Waals surface area contributed by atoms with Crippen LogP contribution < -0.4 is 0 Å². The number of halogens is 1. The zero-order valence-electron chi connectivity index (χ0n) is 9.18. The summed E-state index contributed by atoms with van der Waals surface area (Å²) in [7, 11) is 0. The van der Waals surface area contributed by atoms with Crippen LogP contribution in [0.25, 0.3) is 5.52 Å². The number of fused-ring (bicyclic) bond motifs is 1. The lowest BCUT2D eigenvalue weighted by Crippen LogP contribution is -1.84. The van der Waals surface area contributed by atoms with Crippen LogP contribution >= 0.6 is 15.9 Å². The third-order valence-electron chi connectivity index (χ3n) is 1.91. The average Bonchev–Trinajstić information content (AvgIpc) is 2.62. The molecule has 0 unspecified atom stereocenters. The predicted molar refractivity (Wildman–Crippen MR) is 65.3 cm³/mol. The minimum Gasteiger partial charge on any atom is -0.468 e. The largest absolute Gasteiger partial charge is 0.468 e. The van der Waals surface area contributed by atoms with Crippen LogP contribution in [0.1, 0.15) is 12.5 Å². The van der Waals surface area contributed by atoms with E-state index in [0.29, 0.717) is 13.1 Å². The second kappa shape index (κ2) is 6.27. The minimum absolute atomic E-state index is 0.431. The molecule has 0 saturated carbocycles. The Morgan fingerprint density at radius 1 is 1.56 bits per heavy atom. The molecule has 0 aromatic carbocycles. The van der Waals surface area contributed by atoms with Crippen molar-refractivity contribution in [2.24, 2.45) is 0 Å². The van der Waals surface area contributed by atoms with Crippen molar-refractivity contribution in [1.82, 2.24) is 9.61 Å². The van der Waals surface area contributed by atoms with Crippen molar-refractivity contribution in [3.63, 3.8) is 0 Å². The molecule has 0 fully saturated rings. The topological polar surface area (TPSA) is 43.6 Å². The normalized spacial score (nSPS) is 9.44. The Hall–Kier alpha value is -1.36. The molecule has 4 nitrogen and oxygen atoms in total. The number of aromatic nitrogens is 2. The number of aryl methyl sites for hydroxylation is 1. The SMILES string of the molecule is CCOC=O.Cc1cnn2cc(Br)ccc12. The number of nitrogens with zero attached hydrogens (tertiary/aromatic N) is 2. The maximum Gasteiger partial charge on any atom is 0.293 e. The zero-order valence-corrected chi connectivity index (χ0v) is 10.8. The van der Waals surface area contributed by atoms with Gasteiger partial charge in [0.1, 0.15) is 0 Å². The molecule has 0 N–H and O–H groups in total. The maximum atomic E-state index is 9.18. The van der Waals surface area contributed by atoms with Gasteiger partial charge in [0, 0.05) is 10.7 Å². The minimum atomic E-state index is 0.431. The van der Waals surface area contributed by atoms with Gasteiger partial charge >= 0.3 is 0 Å². The van der Waals surface area contributed by atoms with E-state index >= 15 is 0 Å². The first-order chi connectivity index (χ1) is 7.69. The van der Waals surface area contributed by atoms with Gasteiger partial charge in [-0.05, 0) is 47.5 Å². The number of carbonyl (C=O) groups excluding carboxylic acids is 1. The van der Waals surface area contributed by atoms with Gasteiger partial charge in [-0.3, -0.25) is 4.79 Å². The number of pyridine rings is 1. The van der Waals surface area contributed by atoms with Crippen molar-refractivity contribution in [3.05, 3.63) is 34.6 Å². The van der Waals surface area contributed by atoms with Crippen LogP contribution in [0.15, 0.2) is 29.0 Å². The summed E-state index contributed by atoms with van der Waals surface area (Å²) in [5, 5.41) is 4.17. The molecule has 0 atom stereocenters. The van der Waals surface area contributed by atoms with Crippen molar-refractivity contribution in [3.8, 4) is 0 Å². The van der Waals surface area contributed by atoms with Crippen LogP contribution in [0.2, 0.25) is 0 Å². The Kier molecular flexibility index (Phi) is 4.98. The first-order valence-electron chi connectivity index (χ1n) is 4.83. The quantitative estimate of drug-likeness (QED) is 0.796. The molecule has 0 aliphatic heterocycles. The second-order valence-corrected chi connectivity index (χ2v) is 3.97. The van der Waals surface area contributed by atoms with Gasteiger partial charge in [-0.25, -0.2) is 4.52 Å². The van der Waals surface area contributed by atoms with Gasteiger partial charge in [0.05, 0.1) is 18.3 Å². The van der Waals surface area contributed by atoms with E-state index in [-0.39, 0.29) is 0 Å². The molecule has 2 aromatic rings. The fourth-order valence-electron chi connectivity index (χ4n) is 1.15. The van der Waals surface area contributed by atoms with E-state index in [4.69, 9.17) is 0 Å². The molecule has 0 saturated heterocycles. The molecule has 2 aromatic heterocycles. The Morgan fingerprint density at radius 2 is 2.31 bits per heavy atom. The van der Waals surface area contributed by atoms with Crippen molar-refractivity contribution in [2.75, 3.05) is 6.61 Å². The van der Waals surface area contributed by atoms with Gasteiger partial charge in [-0.1, -0.05) is 0 Å². The van der Waals surface area contributed by atoms with Crippen molar-refractivity contribution in [2.45, 2.75) is 13.8 Å². The lowest BCUT2D eigenvalue weighted by atomic mass is 10.3. The van der Waals surface area contributed by atoms with Crippen molar-refractivity contribution < 1.29 is 9.53 Å². The number of hydrogen-bond acceptors (Lipinski definition) is 3. The summed E-state index contributed by atoms with van der Waals surface area (Å²) in [5.41, 5.74) is 2.37. The summed E-state index contributed by atoms with van der Waals surface area (Å²) in [6.45, 7) is 4.72. The monoisotopic (exact) mass is 284 g/mol. The van der Waals surface area contributed by atoms with E-state index in [1.165, 1.54) is 5.56 Å². The fraction of sp³-hybridized carbons (Fsp3) is 0.273. The summed E-state index contributed by atoms with van der Waals surface area (Å²) in [4.78, 5) is 9.18. The fourth-order valence-corrected chi connectivity index (χ4v) is 1.48. The number of rotatable bonds is 2. The van der Waals surface area contributed by atoms with Gasteiger partial charge < -0.3 is 4.74 Å². The van der Waals surface area contributed by atoms with Crippen LogP contribution in [0.4, 0.5) is 0 Å². The van der Waals surface area contributed by atoms with E-state index < -0.39 is 0 Å². The standard InChI is InChI=1S/C8H7BrN2.C3H6O2/c1-6-4-10-11-5-7(9)2-3-8(6)11;1-2-5-3-4/h2-5H,1H3;3H,2H2,1H3. The van der Waals surface area contributed by atoms with Gasteiger partial charge in [-0.15, -0.1) is 0 Å². The molecule has 0 amide bonds. The Balaban J connectivity index is 0.000000221. The van der Waals surface area contributed by atoms with Crippen LogP contribution in [-0.4, -0.2) is 22.7 Å². The lowest BCUT2D eigenvalue weighted by Gasteiger charge is -1.93. The summed E-state index contributed by atoms with van der Waals surface area (Å²) in [6, 6.07) is 4.07. The molecule has 5 heteroatoms. The summed E-state index contributed by atoms with van der Waals surface area (Å²) < 4.78 is 7.06. The average molecular weight is 285 g/mol. The second-order valence-electron chi connectivity index (χ2n) is 3.06. The molecule has 0 aliphatic rings. The van der Waals surface area contributed by atoms with Gasteiger partial charge in [-0.2, -0.15) is 5.10 Å². The van der Waals surface area contributed by atoms with Crippen molar-refractivity contribution >= 4 is 27.9 Å². The van der Waals surface area contributed by atoms with Gasteiger partial charge in [0.2, 0.25) is 0 Å². The number of ether oxygens (including phenoxy) is 1. The zero-order chi connectivity index (χ0) is 12.0. The van der Waals surface area contributed by atoms with E-state index in [1.54, 1.807) is 6.92 Å². The first kappa shape index (κ1) is 12.7. The number of hydrogen-bond donors (Lipinski definition) is 0. The highest BCUT2D eigenvalue weighted by atomic mass is 79.9. The lowest BCUT2D eigenvalue weighted by molar-refractivity contribution is -0.128. The van der Waals surface area contributed by atoms with Crippen LogP contribution in [0.3, 0.4) is 0 Å². The highest BCUT2D eigenvalue weighted by Crippen LogP contribution is 2.13. The highest BCUT2D eigenvalue weighted by molar-refractivity contribution is 9.10. The summed E-state index contributed by atoms with van der Waals surface area (Å²) >= 11 is 3.38. The maximum absolute atomic E-state index is 9.18. The van der Waals surface area contributed by atoms with Crippen LogP contribution in [0.5, 0.6) is 0 Å². The molecular weight excluding hydrogens is 272 g/mol. The van der Waals surface area contributed by atoms with E-state index in [9.17, 15) is 4.79 Å². The molecular formula is C11H13BrN2O2. The third kappa shape index (κ3) is 3.34. The van der Waals surface area contributed by atoms with Crippen LogP contribution in [0, 0.1) is 6.92 Å². The Labute approximate surface area is 102 Å². The van der Waals surface area contributed by atoms with Crippen molar-refractivity contribution in [1.29, 1.82) is 0 Å². The van der Waals surface area contributed by atoms with Gasteiger partial charge in [0.25, 0.3) is 6.47 Å². The molecule has 86 valence electrons. The first-order valence-corrected chi connectivity index (χ1v) is 5.63. The molecule has 0 bridgehead atoms. The Bertz CT molecular complexity index is 468. The molecule has 0 spiro atoms. The molecule has 0 aliphatic carbocycles. The Morgan fingerprint density at radius 3 is 2.88 bits per heavy atom. The highest BCUT2D eigenvalue weighted by Gasteiger charge is 1.97. The van der Waals surface area contributed by atoms with E-state index in [1.807, 2.05) is 29.0 Å². The van der Waals surface area contributed by atoms with Crippen LogP contribution in [-0.2, 0) is 9.53 Å². The summed E-state index contributed by atoms with van der Waals surface area (Å²) in [5.74, 6) is 0. The predicted octanol–water partition coefficient (Wildman–Crippen LogP) is 2.58.